The van der Waals surface area contributed by atoms with Crippen molar-refractivity contribution in [2.24, 2.45) is 0 Å². The van der Waals surface area contributed by atoms with Crippen LogP contribution in [0.4, 0.5) is 5.82 Å². The number of fused-ring (bicyclic) bond motifs is 1. The summed E-state index contributed by atoms with van der Waals surface area (Å²) in [6, 6.07) is 6.15. The van der Waals surface area contributed by atoms with Crippen molar-refractivity contribution in [3.63, 3.8) is 0 Å². The van der Waals surface area contributed by atoms with Crippen LogP contribution in [0.2, 0.25) is 0 Å². The van der Waals surface area contributed by atoms with Crippen molar-refractivity contribution < 1.29 is 4.74 Å². The van der Waals surface area contributed by atoms with Crippen molar-refractivity contribution in [2.75, 3.05) is 32.1 Å². The average Bonchev–Trinajstić information content (AvgIpc) is 3.19. The molecule has 4 rings (SSSR count). The fourth-order valence-electron chi connectivity index (χ4n) is 3.36. The molecule has 1 aliphatic heterocycles. The van der Waals surface area contributed by atoms with E-state index in [1.165, 1.54) is 4.88 Å². The van der Waals surface area contributed by atoms with Crippen LogP contribution in [0.25, 0.3) is 10.2 Å². The summed E-state index contributed by atoms with van der Waals surface area (Å²) >= 11 is 1.71. The average molecular weight is 369 g/mol. The van der Waals surface area contributed by atoms with Crippen LogP contribution < -0.4 is 9.64 Å². The van der Waals surface area contributed by atoms with E-state index in [2.05, 4.69) is 37.7 Å². The van der Waals surface area contributed by atoms with Gasteiger partial charge in [-0.3, -0.25) is 4.98 Å². The lowest BCUT2D eigenvalue weighted by molar-refractivity contribution is 0.224. The minimum atomic E-state index is 0.161. The summed E-state index contributed by atoms with van der Waals surface area (Å²) in [5, 5.41) is 1.15. The number of nitrogens with zero attached hydrogens (tertiary/aromatic N) is 5. The van der Waals surface area contributed by atoms with Crippen LogP contribution in [0, 0.1) is 6.92 Å². The zero-order valence-electron chi connectivity index (χ0n) is 15.3. The van der Waals surface area contributed by atoms with Gasteiger partial charge in [0.1, 0.15) is 28.8 Å². The van der Waals surface area contributed by atoms with Gasteiger partial charge in [0.15, 0.2) is 0 Å². The van der Waals surface area contributed by atoms with Crippen molar-refractivity contribution in [1.29, 1.82) is 0 Å². The zero-order valence-corrected chi connectivity index (χ0v) is 16.2. The van der Waals surface area contributed by atoms with E-state index in [-0.39, 0.29) is 6.10 Å². The molecule has 0 amide bonds. The second kappa shape index (κ2) is 7.17. The van der Waals surface area contributed by atoms with Crippen molar-refractivity contribution in [3.8, 4) is 5.75 Å². The minimum Gasteiger partial charge on any atom is -0.488 e. The number of thiophene rings is 1. The maximum Gasteiger partial charge on any atom is 0.140 e. The molecule has 0 aromatic carbocycles. The summed E-state index contributed by atoms with van der Waals surface area (Å²) in [4.78, 5) is 20.1. The van der Waals surface area contributed by atoms with E-state index in [9.17, 15) is 0 Å². The number of ether oxygens (including phenoxy) is 1. The Morgan fingerprint density at radius 3 is 3.00 bits per heavy atom. The molecule has 4 heterocycles. The van der Waals surface area contributed by atoms with Gasteiger partial charge in [-0.25, -0.2) is 9.97 Å². The molecule has 0 N–H and O–H groups in total. The second-order valence-electron chi connectivity index (χ2n) is 6.97. The lowest BCUT2D eigenvalue weighted by Gasteiger charge is -2.19. The molecule has 0 saturated carbocycles. The minimum absolute atomic E-state index is 0.161. The third kappa shape index (κ3) is 3.64. The first-order valence-electron chi connectivity index (χ1n) is 8.81. The molecule has 1 aliphatic rings. The van der Waals surface area contributed by atoms with Crippen LogP contribution in [-0.2, 0) is 6.54 Å². The lowest BCUT2D eigenvalue weighted by atomic mass is 10.3. The maximum atomic E-state index is 6.23. The quantitative estimate of drug-likeness (QED) is 0.689. The highest BCUT2D eigenvalue weighted by molar-refractivity contribution is 7.18. The topological polar surface area (TPSA) is 54.4 Å². The van der Waals surface area contributed by atoms with Gasteiger partial charge in [-0.15, -0.1) is 11.3 Å². The maximum absolute atomic E-state index is 6.23. The van der Waals surface area contributed by atoms with Crippen LogP contribution in [0.5, 0.6) is 5.75 Å². The molecule has 7 heteroatoms. The molecule has 26 heavy (non-hydrogen) atoms. The molecule has 6 nitrogen and oxygen atoms in total. The molecule has 1 fully saturated rings. The molecular formula is C19H23N5OS. The van der Waals surface area contributed by atoms with Gasteiger partial charge in [0.05, 0.1) is 17.6 Å². The Hall–Kier alpha value is -2.25. The molecule has 1 atom stereocenters. The van der Waals surface area contributed by atoms with Gasteiger partial charge >= 0.3 is 0 Å². The van der Waals surface area contributed by atoms with Crippen molar-refractivity contribution in [1.82, 2.24) is 19.9 Å². The molecule has 3 aromatic rings. The first-order valence-corrected chi connectivity index (χ1v) is 9.62. The van der Waals surface area contributed by atoms with Gasteiger partial charge in [0.2, 0.25) is 0 Å². The van der Waals surface area contributed by atoms with E-state index in [1.807, 2.05) is 32.4 Å². The first kappa shape index (κ1) is 17.2. The van der Waals surface area contributed by atoms with Gasteiger partial charge in [0.25, 0.3) is 0 Å². The van der Waals surface area contributed by atoms with Crippen molar-refractivity contribution in [2.45, 2.75) is 26.0 Å². The molecule has 1 saturated heterocycles. The fourth-order valence-corrected chi connectivity index (χ4v) is 4.21. The Labute approximate surface area is 157 Å². The summed E-state index contributed by atoms with van der Waals surface area (Å²) in [7, 11) is 4.08. The zero-order chi connectivity index (χ0) is 18.1. The molecule has 0 radical (unpaired) electrons. The standard InChI is InChI=1S/C19H23N5OS/c1-13-8-17-18(21-12-22-19(17)26-13)24-7-5-16(11-24)25-15-4-6-20-14(9-15)10-23(2)3/h4,6,8-9,12,16H,5,7,10-11H2,1-3H3. The highest BCUT2D eigenvalue weighted by atomic mass is 32.1. The predicted octanol–water partition coefficient (Wildman–Crippen LogP) is 3.11. The third-order valence-corrected chi connectivity index (χ3v) is 5.40. The molecule has 1 unspecified atom stereocenters. The summed E-state index contributed by atoms with van der Waals surface area (Å²) in [6.45, 7) is 4.71. The Morgan fingerprint density at radius 2 is 2.15 bits per heavy atom. The summed E-state index contributed by atoms with van der Waals surface area (Å²) < 4.78 is 6.23. The van der Waals surface area contributed by atoms with Crippen LogP contribution in [0.15, 0.2) is 30.7 Å². The number of rotatable bonds is 5. The van der Waals surface area contributed by atoms with Gasteiger partial charge in [-0.05, 0) is 33.2 Å². The molecule has 3 aromatic heterocycles. The fraction of sp³-hybridized carbons (Fsp3) is 0.421. The van der Waals surface area contributed by atoms with Crippen LogP contribution in [0.1, 0.15) is 17.0 Å². The van der Waals surface area contributed by atoms with Gasteiger partial charge in [-0.2, -0.15) is 0 Å². The van der Waals surface area contributed by atoms with E-state index in [0.717, 1.165) is 53.5 Å². The highest BCUT2D eigenvalue weighted by Crippen LogP contribution is 2.32. The largest absolute Gasteiger partial charge is 0.488 e. The number of pyridine rings is 1. The monoisotopic (exact) mass is 369 g/mol. The van der Waals surface area contributed by atoms with Crippen LogP contribution >= 0.6 is 11.3 Å². The Kier molecular flexibility index (Phi) is 4.74. The van der Waals surface area contributed by atoms with Gasteiger partial charge in [0, 0.05) is 36.7 Å². The van der Waals surface area contributed by atoms with Gasteiger partial charge in [-0.1, -0.05) is 0 Å². The Bertz CT molecular complexity index is 910. The van der Waals surface area contributed by atoms with E-state index in [4.69, 9.17) is 4.74 Å². The lowest BCUT2D eigenvalue weighted by Crippen LogP contribution is -2.25. The number of aromatic nitrogens is 3. The summed E-state index contributed by atoms with van der Waals surface area (Å²) in [5.41, 5.74) is 1.02. The number of hydrogen-bond donors (Lipinski definition) is 0. The highest BCUT2D eigenvalue weighted by Gasteiger charge is 2.26. The second-order valence-corrected chi connectivity index (χ2v) is 8.20. The summed E-state index contributed by atoms with van der Waals surface area (Å²) in [6.07, 6.45) is 4.63. The van der Waals surface area contributed by atoms with Gasteiger partial charge < -0.3 is 14.5 Å². The van der Waals surface area contributed by atoms with Crippen molar-refractivity contribution in [3.05, 3.63) is 41.3 Å². The molecule has 0 bridgehead atoms. The molecule has 0 spiro atoms. The van der Waals surface area contributed by atoms with Crippen LogP contribution in [0.3, 0.4) is 0 Å². The SMILES string of the molecule is Cc1cc2c(N3CCC(Oc4ccnc(CN(C)C)c4)C3)ncnc2s1. The molecule has 0 aliphatic carbocycles. The van der Waals surface area contributed by atoms with Crippen LogP contribution in [-0.4, -0.2) is 53.1 Å². The number of hydrogen-bond acceptors (Lipinski definition) is 7. The smallest absolute Gasteiger partial charge is 0.140 e. The third-order valence-electron chi connectivity index (χ3n) is 4.45. The summed E-state index contributed by atoms with van der Waals surface area (Å²) in [5.74, 6) is 1.91. The first-order chi connectivity index (χ1) is 12.6. The van der Waals surface area contributed by atoms with E-state index >= 15 is 0 Å². The van der Waals surface area contributed by atoms with E-state index in [1.54, 1.807) is 17.7 Å². The van der Waals surface area contributed by atoms with E-state index in [0.29, 0.717) is 0 Å². The normalized spacial score (nSPS) is 17.4. The Balaban J connectivity index is 1.47. The van der Waals surface area contributed by atoms with E-state index < -0.39 is 0 Å². The predicted molar refractivity (Wildman–Crippen MR) is 105 cm³/mol. The Morgan fingerprint density at radius 1 is 1.27 bits per heavy atom. The molecular weight excluding hydrogens is 346 g/mol. The number of aryl methyl sites for hydroxylation is 1. The molecule has 136 valence electrons. The van der Waals surface area contributed by atoms with Crippen molar-refractivity contribution >= 4 is 27.4 Å². The number of anilines is 1.